The van der Waals surface area contributed by atoms with Gasteiger partial charge in [0.05, 0.1) is 16.8 Å². The highest BCUT2D eigenvalue weighted by Crippen LogP contribution is 2.24. The average molecular weight is 417 g/mol. The quantitative estimate of drug-likeness (QED) is 0.471. The van der Waals surface area contributed by atoms with Crippen molar-refractivity contribution in [1.29, 1.82) is 0 Å². The molecule has 0 aromatic heterocycles. The summed E-state index contributed by atoms with van der Waals surface area (Å²) < 4.78 is 0. The van der Waals surface area contributed by atoms with E-state index in [1.165, 1.54) is 30.3 Å². The van der Waals surface area contributed by atoms with Gasteiger partial charge in [-0.15, -0.1) is 0 Å². The fourth-order valence-electron chi connectivity index (χ4n) is 2.30. The van der Waals surface area contributed by atoms with Crippen LogP contribution in [0, 0.1) is 0 Å². The van der Waals surface area contributed by atoms with Gasteiger partial charge in [-0.3, -0.25) is 4.79 Å². The Kier molecular flexibility index (Phi) is 6.03. The van der Waals surface area contributed by atoms with Gasteiger partial charge >= 0.3 is 5.97 Å². The minimum Gasteiger partial charge on any atom is -0.478 e. The first-order chi connectivity index (χ1) is 13.4. The second-order valence-corrected chi connectivity index (χ2v) is 6.56. The molecular formula is C20H14Cl2N2O4. The fraction of sp³-hybridized carbons (Fsp3) is 0. The lowest BCUT2D eigenvalue weighted by Gasteiger charge is -2.13. The van der Waals surface area contributed by atoms with Crippen molar-refractivity contribution in [3.05, 3.63) is 87.9 Å². The summed E-state index contributed by atoms with van der Waals surface area (Å²) in [7, 11) is 0. The van der Waals surface area contributed by atoms with Crippen molar-refractivity contribution in [1.82, 2.24) is 0 Å². The van der Waals surface area contributed by atoms with Gasteiger partial charge in [0.15, 0.2) is 5.75 Å². The number of carboxylic acids is 1. The number of carbonyl (C=O) groups is 2. The van der Waals surface area contributed by atoms with Crippen molar-refractivity contribution in [3.63, 3.8) is 0 Å². The van der Waals surface area contributed by atoms with Crippen LogP contribution in [0.3, 0.4) is 0 Å². The third kappa shape index (κ3) is 4.94. The van der Waals surface area contributed by atoms with E-state index in [0.717, 1.165) is 0 Å². The number of hydrogen-bond acceptors (Lipinski definition) is 4. The summed E-state index contributed by atoms with van der Waals surface area (Å²) in [6.45, 7) is 0. The number of amides is 1. The lowest BCUT2D eigenvalue weighted by Crippen LogP contribution is -2.16. The Morgan fingerprint density at radius 1 is 0.857 bits per heavy atom. The van der Waals surface area contributed by atoms with Gasteiger partial charge in [0, 0.05) is 15.7 Å². The van der Waals surface area contributed by atoms with Crippen molar-refractivity contribution in [2.24, 2.45) is 0 Å². The molecule has 0 unspecified atom stereocenters. The number of anilines is 2. The molecule has 0 aliphatic carbocycles. The Bertz CT molecular complexity index is 1010. The summed E-state index contributed by atoms with van der Waals surface area (Å²) in [4.78, 5) is 29.0. The largest absolute Gasteiger partial charge is 0.478 e. The monoisotopic (exact) mass is 416 g/mol. The normalized spacial score (nSPS) is 10.2. The Hall–Kier alpha value is -3.22. The highest BCUT2D eigenvalue weighted by Gasteiger charge is 2.14. The molecule has 3 aromatic rings. The van der Waals surface area contributed by atoms with Gasteiger partial charge in [0.2, 0.25) is 0 Å². The molecule has 0 saturated carbocycles. The molecule has 0 atom stereocenters. The van der Waals surface area contributed by atoms with Gasteiger partial charge in [0.1, 0.15) is 0 Å². The zero-order valence-electron chi connectivity index (χ0n) is 14.3. The molecule has 28 heavy (non-hydrogen) atoms. The standard InChI is InChI=1S/C20H14Cl2N2O4/c21-13-3-8-16(9-4-13)28-24-18-10-5-14(22)11-17(18)19(25)23-15-6-1-12(2-7-15)20(26)27/h1-11,24H,(H,23,25)(H,26,27). The summed E-state index contributed by atoms with van der Waals surface area (Å²) in [5.74, 6) is -0.971. The fourth-order valence-corrected chi connectivity index (χ4v) is 2.60. The van der Waals surface area contributed by atoms with Gasteiger partial charge in [-0.05, 0) is 66.7 Å². The molecule has 142 valence electrons. The smallest absolute Gasteiger partial charge is 0.335 e. The summed E-state index contributed by atoms with van der Waals surface area (Å²) >= 11 is 11.9. The van der Waals surface area contributed by atoms with Crippen LogP contribution in [0.25, 0.3) is 0 Å². The number of rotatable bonds is 6. The zero-order chi connectivity index (χ0) is 20.1. The van der Waals surface area contributed by atoms with Crippen LogP contribution in [-0.4, -0.2) is 17.0 Å². The van der Waals surface area contributed by atoms with Gasteiger partial charge in [-0.1, -0.05) is 23.2 Å². The number of hydrogen-bond donors (Lipinski definition) is 3. The Morgan fingerprint density at radius 2 is 1.50 bits per heavy atom. The predicted molar refractivity (Wildman–Crippen MR) is 109 cm³/mol. The molecule has 0 fully saturated rings. The number of carboxylic acid groups (broad SMARTS) is 1. The molecule has 0 spiro atoms. The van der Waals surface area contributed by atoms with E-state index in [0.29, 0.717) is 27.2 Å². The highest BCUT2D eigenvalue weighted by molar-refractivity contribution is 6.31. The summed E-state index contributed by atoms with van der Waals surface area (Å²) in [6, 6.07) is 17.2. The third-order valence-corrected chi connectivity index (χ3v) is 4.20. The molecule has 0 saturated heterocycles. The van der Waals surface area contributed by atoms with Gasteiger partial charge in [-0.25, -0.2) is 10.3 Å². The minimum absolute atomic E-state index is 0.125. The Labute approximate surface area is 170 Å². The molecule has 0 heterocycles. The van der Waals surface area contributed by atoms with E-state index in [-0.39, 0.29) is 11.1 Å². The number of halogens is 2. The molecule has 6 nitrogen and oxygen atoms in total. The van der Waals surface area contributed by atoms with Crippen molar-refractivity contribution < 1.29 is 19.5 Å². The molecule has 1 amide bonds. The number of nitrogens with one attached hydrogen (secondary N) is 2. The molecule has 0 aliphatic heterocycles. The molecule has 8 heteroatoms. The third-order valence-electron chi connectivity index (χ3n) is 3.71. The molecule has 0 aliphatic rings. The maximum Gasteiger partial charge on any atom is 0.335 e. The average Bonchev–Trinajstić information content (AvgIpc) is 2.68. The lowest BCUT2D eigenvalue weighted by molar-refractivity contribution is 0.0696. The Balaban J connectivity index is 1.76. The maximum atomic E-state index is 12.7. The van der Waals surface area contributed by atoms with E-state index in [1.54, 1.807) is 36.4 Å². The zero-order valence-corrected chi connectivity index (χ0v) is 15.8. The second-order valence-electron chi connectivity index (χ2n) is 5.68. The maximum absolute atomic E-state index is 12.7. The first-order valence-corrected chi connectivity index (χ1v) is 8.80. The van der Waals surface area contributed by atoms with Gasteiger partial charge in [0.25, 0.3) is 5.91 Å². The SMILES string of the molecule is O=C(O)c1ccc(NC(=O)c2cc(Cl)ccc2NOc2ccc(Cl)cc2)cc1. The number of aromatic carboxylic acids is 1. The van der Waals surface area contributed by atoms with E-state index in [9.17, 15) is 9.59 Å². The minimum atomic E-state index is -1.04. The van der Waals surface area contributed by atoms with Crippen molar-refractivity contribution in [3.8, 4) is 5.75 Å². The van der Waals surface area contributed by atoms with E-state index < -0.39 is 11.9 Å². The predicted octanol–water partition coefficient (Wildman–Crippen LogP) is 5.35. The molecule has 3 rings (SSSR count). The van der Waals surface area contributed by atoms with Crippen LogP contribution < -0.4 is 15.6 Å². The molecule has 3 N–H and O–H groups in total. The molecular weight excluding hydrogens is 403 g/mol. The number of benzene rings is 3. The lowest BCUT2D eigenvalue weighted by atomic mass is 10.1. The molecule has 0 bridgehead atoms. The van der Waals surface area contributed by atoms with Crippen LogP contribution in [0.5, 0.6) is 5.75 Å². The Morgan fingerprint density at radius 3 is 2.14 bits per heavy atom. The van der Waals surface area contributed by atoms with Crippen LogP contribution in [0.2, 0.25) is 10.0 Å². The van der Waals surface area contributed by atoms with E-state index in [2.05, 4.69) is 10.8 Å². The molecule has 0 radical (unpaired) electrons. The van der Waals surface area contributed by atoms with Crippen LogP contribution in [0.15, 0.2) is 66.7 Å². The summed E-state index contributed by atoms with van der Waals surface area (Å²) in [6.07, 6.45) is 0. The van der Waals surface area contributed by atoms with Crippen molar-refractivity contribution >= 4 is 46.5 Å². The van der Waals surface area contributed by atoms with Crippen molar-refractivity contribution in [2.45, 2.75) is 0 Å². The van der Waals surface area contributed by atoms with Gasteiger partial charge < -0.3 is 15.3 Å². The van der Waals surface area contributed by atoms with Crippen molar-refractivity contribution in [2.75, 3.05) is 10.8 Å². The summed E-state index contributed by atoms with van der Waals surface area (Å²) in [5.41, 5.74) is 3.95. The van der Waals surface area contributed by atoms with E-state index in [1.807, 2.05) is 0 Å². The highest BCUT2D eigenvalue weighted by atomic mass is 35.5. The summed E-state index contributed by atoms with van der Waals surface area (Å²) in [5, 5.41) is 12.6. The second kappa shape index (κ2) is 8.65. The topological polar surface area (TPSA) is 87.7 Å². The first-order valence-electron chi connectivity index (χ1n) is 8.05. The first kappa shape index (κ1) is 19.5. The number of carbonyl (C=O) groups excluding carboxylic acids is 1. The molecule has 3 aromatic carbocycles. The van der Waals surface area contributed by atoms with Crippen LogP contribution in [0.1, 0.15) is 20.7 Å². The van der Waals surface area contributed by atoms with Gasteiger partial charge in [-0.2, -0.15) is 0 Å². The van der Waals surface area contributed by atoms with E-state index in [4.69, 9.17) is 33.1 Å². The van der Waals surface area contributed by atoms with Crippen LogP contribution >= 0.6 is 23.2 Å². The van der Waals surface area contributed by atoms with Crippen LogP contribution in [0.4, 0.5) is 11.4 Å². The van der Waals surface area contributed by atoms with E-state index >= 15 is 0 Å². The van der Waals surface area contributed by atoms with Crippen LogP contribution in [-0.2, 0) is 0 Å².